The number of thiazole rings is 1. The molecular weight excluding hydrogens is 396 g/mol. The van der Waals surface area contributed by atoms with E-state index in [1.807, 2.05) is 39.2 Å². The minimum absolute atomic E-state index is 0.307. The number of aromatic nitrogens is 1. The number of amides is 1. The number of carbonyl (C=O) groups is 1. The molecule has 8 heteroatoms. The van der Waals surface area contributed by atoms with Crippen LogP contribution in [0.3, 0.4) is 0 Å². The fourth-order valence-corrected chi connectivity index (χ4v) is 4.02. The highest BCUT2D eigenvalue weighted by atomic mass is 32.1. The first-order valence-electron chi connectivity index (χ1n) is 9.49. The fraction of sp³-hybridized carbons (Fsp3) is 0.333. The zero-order valence-corrected chi connectivity index (χ0v) is 17.5. The van der Waals surface area contributed by atoms with Gasteiger partial charge in [-0.05, 0) is 31.2 Å². The van der Waals surface area contributed by atoms with Crippen LogP contribution in [0.15, 0.2) is 36.4 Å². The predicted molar refractivity (Wildman–Crippen MR) is 111 cm³/mol. The van der Waals surface area contributed by atoms with E-state index >= 15 is 0 Å². The molecule has 0 aliphatic heterocycles. The average molecular weight is 421 g/mol. The van der Waals surface area contributed by atoms with E-state index in [0.717, 1.165) is 23.4 Å². The lowest BCUT2D eigenvalue weighted by atomic mass is 10.1. The van der Waals surface area contributed by atoms with E-state index in [4.69, 9.17) is 4.74 Å². The standard InChI is InChI=1S/C21H23F2N3O2S/c1-4-28-16-10-6-11-17-19(16)24-21(29-17)26(13-7-12-25(2)3)20(27)18-14(22)8-5-9-15(18)23/h5-6,8-11H,4,7,12-13H2,1-3H3/p+1. The van der Waals surface area contributed by atoms with Crippen LogP contribution in [0.5, 0.6) is 5.75 Å². The normalized spacial score (nSPS) is 11.2. The van der Waals surface area contributed by atoms with Gasteiger partial charge in [0, 0.05) is 13.0 Å². The summed E-state index contributed by atoms with van der Waals surface area (Å²) in [5.74, 6) is -1.87. The average Bonchev–Trinajstić information content (AvgIpc) is 3.10. The van der Waals surface area contributed by atoms with Gasteiger partial charge in [0.2, 0.25) is 0 Å². The molecule has 1 aromatic heterocycles. The Balaban J connectivity index is 2.02. The van der Waals surface area contributed by atoms with Crippen molar-refractivity contribution in [1.29, 1.82) is 0 Å². The SMILES string of the molecule is CCOc1cccc2sc(N(CCC[NH+](C)C)C(=O)c3c(F)cccc3F)nc12. The smallest absolute Gasteiger partial charge is 0.266 e. The number of para-hydroxylation sites is 1. The minimum Gasteiger partial charge on any atom is -0.492 e. The number of quaternary nitrogens is 1. The van der Waals surface area contributed by atoms with Crippen molar-refractivity contribution in [1.82, 2.24) is 4.98 Å². The number of halogens is 2. The molecule has 1 heterocycles. The molecule has 0 radical (unpaired) electrons. The lowest BCUT2D eigenvalue weighted by Gasteiger charge is -2.21. The second kappa shape index (κ2) is 9.28. The van der Waals surface area contributed by atoms with Crippen LogP contribution in [0, 0.1) is 11.6 Å². The molecule has 154 valence electrons. The third kappa shape index (κ3) is 4.71. The van der Waals surface area contributed by atoms with E-state index in [1.165, 1.54) is 27.2 Å². The molecule has 2 aromatic carbocycles. The highest BCUT2D eigenvalue weighted by Crippen LogP contribution is 2.35. The van der Waals surface area contributed by atoms with Crippen molar-refractivity contribution in [3.8, 4) is 5.75 Å². The number of hydrogen-bond donors (Lipinski definition) is 1. The van der Waals surface area contributed by atoms with Gasteiger partial charge in [-0.1, -0.05) is 23.5 Å². The fourth-order valence-electron chi connectivity index (χ4n) is 3.01. The first-order valence-corrected chi connectivity index (χ1v) is 10.3. The molecule has 0 spiro atoms. The summed E-state index contributed by atoms with van der Waals surface area (Å²) >= 11 is 1.30. The van der Waals surface area contributed by atoms with Gasteiger partial charge in [-0.2, -0.15) is 0 Å². The van der Waals surface area contributed by atoms with Crippen molar-refractivity contribution in [2.45, 2.75) is 13.3 Å². The van der Waals surface area contributed by atoms with Crippen LogP contribution in [0.4, 0.5) is 13.9 Å². The summed E-state index contributed by atoms with van der Waals surface area (Å²) in [7, 11) is 4.02. The highest BCUT2D eigenvalue weighted by molar-refractivity contribution is 7.22. The number of rotatable bonds is 8. The van der Waals surface area contributed by atoms with Gasteiger partial charge in [0.15, 0.2) is 5.13 Å². The van der Waals surface area contributed by atoms with Gasteiger partial charge in [0.25, 0.3) is 5.91 Å². The van der Waals surface area contributed by atoms with Crippen LogP contribution >= 0.6 is 11.3 Å². The Morgan fingerprint density at radius 1 is 1.17 bits per heavy atom. The second-order valence-corrected chi connectivity index (χ2v) is 7.91. The summed E-state index contributed by atoms with van der Waals surface area (Å²) in [5.41, 5.74) is 0.0772. The molecule has 0 unspecified atom stereocenters. The Hall–Kier alpha value is -2.58. The molecule has 0 bridgehead atoms. The van der Waals surface area contributed by atoms with Crippen LogP contribution in [0.2, 0.25) is 0 Å². The van der Waals surface area contributed by atoms with Crippen molar-refractivity contribution in [3.63, 3.8) is 0 Å². The van der Waals surface area contributed by atoms with E-state index in [1.54, 1.807) is 0 Å². The largest absolute Gasteiger partial charge is 0.492 e. The van der Waals surface area contributed by atoms with Crippen molar-refractivity contribution < 1.29 is 23.2 Å². The molecule has 0 aliphatic rings. The van der Waals surface area contributed by atoms with Gasteiger partial charge in [-0.3, -0.25) is 9.69 Å². The molecule has 0 saturated heterocycles. The molecule has 3 rings (SSSR count). The van der Waals surface area contributed by atoms with Crippen molar-refractivity contribution in [2.24, 2.45) is 0 Å². The van der Waals surface area contributed by atoms with E-state index in [9.17, 15) is 13.6 Å². The molecule has 3 aromatic rings. The zero-order valence-electron chi connectivity index (χ0n) is 16.7. The van der Waals surface area contributed by atoms with E-state index in [2.05, 4.69) is 4.98 Å². The van der Waals surface area contributed by atoms with Gasteiger partial charge in [-0.15, -0.1) is 0 Å². The summed E-state index contributed by atoms with van der Waals surface area (Å²) in [5, 5.41) is 0.397. The number of benzene rings is 2. The van der Waals surface area contributed by atoms with Crippen LogP contribution in [0.25, 0.3) is 10.2 Å². The Labute approximate surface area is 172 Å². The summed E-state index contributed by atoms with van der Waals surface area (Å²) in [4.78, 5) is 20.3. The molecule has 29 heavy (non-hydrogen) atoms. The number of fused-ring (bicyclic) bond motifs is 1. The molecule has 0 fully saturated rings. The van der Waals surface area contributed by atoms with Gasteiger partial charge < -0.3 is 9.64 Å². The number of hydrogen-bond acceptors (Lipinski definition) is 4. The first kappa shape index (κ1) is 21.1. The molecule has 5 nitrogen and oxygen atoms in total. The maximum absolute atomic E-state index is 14.3. The van der Waals surface area contributed by atoms with Crippen molar-refractivity contribution in [3.05, 3.63) is 53.6 Å². The quantitative estimate of drug-likeness (QED) is 0.609. The van der Waals surface area contributed by atoms with E-state index in [-0.39, 0.29) is 0 Å². The summed E-state index contributed by atoms with van der Waals surface area (Å²) in [6.07, 6.45) is 0.665. The zero-order chi connectivity index (χ0) is 21.0. The van der Waals surface area contributed by atoms with Crippen LogP contribution < -0.4 is 14.5 Å². The van der Waals surface area contributed by atoms with Crippen LogP contribution in [0.1, 0.15) is 23.7 Å². The summed E-state index contributed by atoms with van der Waals surface area (Å²) in [6.45, 7) is 3.48. The lowest BCUT2D eigenvalue weighted by molar-refractivity contribution is -0.858. The second-order valence-electron chi connectivity index (χ2n) is 6.90. The molecular formula is C21H24F2N3O2S+. The molecule has 0 atom stereocenters. The Morgan fingerprint density at radius 3 is 2.52 bits per heavy atom. The van der Waals surface area contributed by atoms with Gasteiger partial charge in [0.05, 0.1) is 31.9 Å². The Morgan fingerprint density at radius 2 is 1.86 bits per heavy atom. The topological polar surface area (TPSA) is 46.9 Å². The molecule has 1 N–H and O–H groups in total. The summed E-state index contributed by atoms with van der Waals surface area (Å²) < 4.78 is 35.0. The van der Waals surface area contributed by atoms with Gasteiger partial charge >= 0.3 is 0 Å². The highest BCUT2D eigenvalue weighted by Gasteiger charge is 2.27. The van der Waals surface area contributed by atoms with Gasteiger partial charge in [-0.25, -0.2) is 13.8 Å². The Bertz CT molecular complexity index is 987. The molecule has 0 aliphatic carbocycles. The number of anilines is 1. The number of carbonyl (C=O) groups excluding carboxylic acids is 1. The number of ether oxygens (including phenoxy) is 1. The minimum atomic E-state index is -0.880. The van der Waals surface area contributed by atoms with E-state index < -0.39 is 23.1 Å². The van der Waals surface area contributed by atoms with Gasteiger partial charge in [0.1, 0.15) is 28.5 Å². The number of nitrogens with one attached hydrogen (secondary N) is 1. The first-order chi connectivity index (χ1) is 13.9. The Kier molecular flexibility index (Phi) is 6.76. The molecule has 0 saturated carbocycles. The molecule has 1 amide bonds. The maximum Gasteiger partial charge on any atom is 0.266 e. The van der Waals surface area contributed by atoms with Crippen molar-refractivity contribution >= 4 is 32.6 Å². The van der Waals surface area contributed by atoms with Crippen LogP contribution in [-0.2, 0) is 0 Å². The van der Waals surface area contributed by atoms with Crippen LogP contribution in [-0.4, -0.2) is 44.7 Å². The third-order valence-electron chi connectivity index (χ3n) is 4.38. The monoisotopic (exact) mass is 420 g/mol. The summed E-state index contributed by atoms with van der Waals surface area (Å²) in [6, 6.07) is 8.97. The maximum atomic E-state index is 14.3. The van der Waals surface area contributed by atoms with Crippen molar-refractivity contribution in [2.75, 3.05) is 38.7 Å². The third-order valence-corrected chi connectivity index (χ3v) is 5.43. The predicted octanol–water partition coefficient (Wildman–Crippen LogP) is 3.15. The number of nitrogens with zero attached hydrogens (tertiary/aromatic N) is 2. The van der Waals surface area contributed by atoms with E-state index in [0.29, 0.717) is 36.0 Å². The lowest BCUT2D eigenvalue weighted by Crippen LogP contribution is -3.05.